The van der Waals surface area contributed by atoms with Gasteiger partial charge in [-0.05, 0) is 48.6 Å². The number of nitrogens with zero attached hydrogens (tertiary/aromatic N) is 5. The average Bonchev–Trinajstić information content (AvgIpc) is 3.55. The van der Waals surface area contributed by atoms with E-state index in [2.05, 4.69) is 56.9 Å². The smallest absolute Gasteiger partial charge is 0.240 e. The van der Waals surface area contributed by atoms with Gasteiger partial charge >= 0.3 is 0 Å². The number of benzene rings is 3. The maximum absolute atomic E-state index is 13.6. The third-order valence-electron chi connectivity index (χ3n) is 7.32. The normalized spacial score (nSPS) is 15.2. The molecule has 0 aliphatic carbocycles. The van der Waals surface area contributed by atoms with Crippen molar-refractivity contribution in [3.8, 4) is 6.07 Å². The molecular formula is C32H33N5O. The van der Waals surface area contributed by atoms with E-state index in [4.69, 9.17) is 0 Å². The molecule has 1 amide bonds. The van der Waals surface area contributed by atoms with Crippen LogP contribution in [0, 0.1) is 11.3 Å². The van der Waals surface area contributed by atoms with Crippen LogP contribution < -0.4 is 0 Å². The van der Waals surface area contributed by atoms with Gasteiger partial charge in [0.15, 0.2) is 0 Å². The molecule has 0 radical (unpaired) electrons. The van der Waals surface area contributed by atoms with Gasteiger partial charge in [-0.15, -0.1) is 0 Å². The Balaban J connectivity index is 1.32. The van der Waals surface area contributed by atoms with Crippen LogP contribution in [-0.2, 0) is 30.8 Å². The molecule has 192 valence electrons. The van der Waals surface area contributed by atoms with Crippen molar-refractivity contribution in [3.05, 3.63) is 125 Å². The molecule has 0 bridgehead atoms. The Kier molecular flexibility index (Phi) is 8.27. The Morgan fingerprint density at radius 1 is 0.921 bits per heavy atom. The molecule has 5 rings (SSSR count). The minimum Gasteiger partial charge on any atom is -0.337 e. The fourth-order valence-electron chi connectivity index (χ4n) is 5.28. The standard InChI is InChI=1S/C32H33N5O/c33-20-28-15-7-8-16-29(28)23-37-25-34-21-30(37)24-35(18-9-14-26-10-3-1-4-11-26)31-17-19-36(32(31)38)22-27-12-5-2-6-13-27/h1-8,10-13,15-16,21,25,31H,9,14,17-19,22-24H2. The summed E-state index contributed by atoms with van der Waals surface area (Å²) < 4.78 is 2.10. The second kappa shape index (κ2) is 12.4. The third-order valence-corrected chi connectivity index (χ3v) is 7.32. The minimum atomic E-state index is -0.149. The zero-order valence-corrected chi connectivity index (χ0v) is 21.6. The van der Waals surface area contributed by atoms with E-state index in [1.54, 1.807) is 0 Å². The van der Waals surface area contributed by atoms with Gasteiger partial charge in [0.25, 0.3) is 0 Å². The maximum atomic E-state index is 13.6. The van der Waals surface area contributed by atoms with Gasteiger partial charge in [0.2, 0.25) is 5.91 Å². The molecule has 4 aromatic rings. The number of aryl methyl sites for hydroxylation is 1. The molecule has 6 heteroatoms. The SMILES string of the molecule is N#Cc1ccccc1Cn1cncc1CN(CCCc1ccccc1)C1CCN(Cc2ccccc2)C1=O. The van der Waals surface area contributed by atoms with Gasteiger partial charge in [-0.1, -0.05) is 78.9 Å². The molecule has 0 spiro atoms. The van der Waals surface area contributed by atoms with Gasteiger partial charge in [-0.2, -0.15) is 5.26 Å². The van der Waals surface area contributed by atoms with E-state index in [1.165, 1.54) is 5.56 Å². The van der Waals surface area contributed by atoms with E-state index in [1.807, 2.05) is 66.0 Å². The molecule has 0 saturated carbocycles. The molecule has 1 aromatic heterocycles. The Morgan fingerprint density at radius 3 is 2.39 bits per heavy atom. The minimum absolute atomic E-state index is 0.149. The maximum Gasteiger partial charge on any atom is 0.240 e. The average molecular weight is 504 g/mol. The summed E-state index contributed by atoms with van der Waals surface area (Å²) in [6.45, 7) is 3.46. The van der Waals surface area contributed by atoms with Crippen molar-refractivity contribution >= 4 is 5.91 Å². The highest BCUT2D eigenvalue weighted by Gasteiger charge is 2.36. The predicted molar refractivity (Wildman–Crippen MR) is 148 cm³/mol. The number of rotatable bonds is 11. The molecule has 1 atom stereocenters. The number of nitriles is 1. The molecular weight excluding hydrogens is 470 g/mol. The molecule has 38 heavy (non-hydrogen) atoms. The molecule has 1 aliphatic rings. The Morgan fingerprint density at radius 2 is 1.63 bits per heavy atom. The molecule has 0 N–H and O–H groups in total. The summed E-state index contributed by atoms with van der Waals surface area (Å²) in [4.78, 5) is 22.4. The first-order valence-corrected chi connectivity index (χ1v) is 13.3. The van der Waals surface area contributed by atoms with Crippen LogP contribution in [0.4, 0.5) is 0 Å². The van der Waals surface area contributed by atoms with Crippen molar-refractivity contribution in [2.75, 3.05) is 13.1 Å². The monoisotopic (exact) mass is 503 g/mol. The number of carbonyl (C=O) groups is 1. The lowest BCUT2D eigenvalue weighted by molar-refractivity contribution is -0.132. The Labute approximate surface area is 224 Å². The number of imidazole rings is 1. The van der Waals surface area contributed by atoms with E-state index >= 15 is 0 Å². The summed E-state index contributed by atoms with van der Waals surface area (Å²) in [5, 5.41) is 9.53. The molecule has 6 nitrogen and oxygen atoms in total. The first-order chi connectivity index (χ1) is 18.7. The van der Waals surface area contributed by atoms with E-state index < -0.39 is 0 Å². The van der Waals surface area contributed by atoms with Gasteiger partial charge in [0.05, 0.1) is 36.2 Å². The first kappa shape index (κ1) is 25.4. The van der Waals surface area contributed by atoms with Gasteiger partial charge in [-0.25, -0.2) is 4.98 Å². The summed E-state index contributed by atoms with van der Waals surface area (Å²) in [5.41, 5.74) is 5.16. The van der Waals surface area contributed by atoms with E-state index in [9.17, 15) is 10.1 Å². The summed E-state index contributed by atoms with van der Waals surface area (Å²) in [7, 11) is 0. The van der Waals surface area contributed by atoms with Crippen molar-refractivity contribution < 1.29 is 4.79 Å². The number of carbonyl (C=O) groups excluding carboxylic acids is 1. The zero-order valence-electron chi connectivity index (χ0n) is 21.6. The van der Waals surface area contributed by atoms with Crippen LogP contribution in [-0.4, -0.2) is 44.4 Å². The molecule has 3 aromatic carbocycles. The molecule has 1 unspecified atom stereocenters. The lowest BCUT2D eigenvalue weighted by Crippen LogP contribution is -2.42. The Hall–Kier alpha value is -4.21. The fourth-order valence-corrected chi connectivity index (χ4v) is 5.28. The lowest BCUT2D eigenvalue weighted by Gasteiger charge is -2.28. The quantitative estimate of drug-likeness (QED) is 0.288. The van der Waals surface area contributed by atoms with E-state index in [0.29, 0.717) is 25.2 Å². The molecule has 2 heterocycles. The van der Waals surface area contributed by atoms with Gasteiger partial charge in [0.1, 0.15) is 0 Å². The highest BCUT2D eigenvalue weighted by Crippen LogP contribution is 2.23. The van der Waals surface area contributed by atoms with Crippen molar-refractivity contribution in [1.29, 1.82) is 5.26 Å². The number of hydrogen-bond acceptors (Lipinski definition) is 4. The number of likely N-dealkylation sites (tertiary alicyclic amines) is 1. The number of amides is 1. The lowest BCUT2D eigenvalue weighted by atomic mass is 10.1. The topological polar surface area (TPSA) is 65.2 Å². The second-order valence-electron chi connectivity index (χ2n) is 9.89. The van der Waals surface area contributed by atoms with Crippen molar-refractivity contribution in [3.63, 3.8) is 0 Å². The fraction of sp³-hybridized carbons (Fsp3) is 0.281. The van der Waals surface area contributed by atoms with Crippen LogP contribution in [0.2, 0.25) is 0 Å². The van der Waals surface area contributed by atoms with Crippen molar-refractivity contribution in [2.45, 2.75) is 44.9 Å². The summed E-state index contributed by atoms with van der Waals surface area (Å²) >= 11 is 0. The number of hydrogen-bond donors (Lipinski definition) is 0. The van der Waals surface area contributed by atoms with E-state index in [0.717, 1.165) is 49.2 Å². The largest absolute Gasteiger partial charge is 0.337 e. The zero-order chi connectivity index (χ0) is 26.2. The van der Waals surface area contributed by atoms with Crippen LogP contribution in [0.1, 0.15) is 40.8 Å². The highest BCUT2D eigenvalue weighted by molar-refractivity contribution is 5.84. The van der Waals surface area contributed by atoms with Crippen LogP contribution in [0.5, 0.6) is 0 Å². The van der Waals surface area contributed by atoms with Crippen LogP contribution in [0.15, 0.2) is 97.5 Å². The van der Waals surface area contributed by atoms with Crippen molar-refractivity contribution in [2.24, 2.45) is 0 Å². The highest BCUT2D eigenvalue weighted by atomic mass is 16.2. The molecule has 1 saturated heterocycles. The molecule has 1 fully saturated rings. The van der Waals surface area contributed by atoms with Gasteiger partial charge in [0, 0.05) is 25.8 Å². The summed E-state index contributed by atoms with van der Waals surface area (Å²) in [6.07, 6.45) is 6.48. The van der Waals surface area contributed by atoms with E-state index in [-0.39, 0.29) is 11.9 Å². The second-order valence-corrected chi connectivity index (χ2v) is 9.89. The summed E-state index contributed by atoms with van der Waals surface area (Å²) in [6, 6.07) is 30.6. The van der Waals surface area contributed by atoms with Crippen LogP contribution in [0.25, 0.3) is 0 Å². The predicted octanol–water partition coefficient (Wildman–Crippen LogP) is 5.04. The Bertz CT molecular complexity index is 1380. The summed E-state index contributed by atoms with van der Waals surface area (Å²) in [5.74, 6) is 0.203. The number of aromatic nitrogens is 2. The first-order valence-electron chi connectivity index (χ1n) is 13.3. The molecule has 1 aliphatic heterocycles. The van der Waals surface area contributed by atoms with Crippen LogP contribution in [0.3, 0.4) is 0 Å². The third kappa shape index (κ3) is 6.19. The van der Waals surface area contributed by atoms with Gasteiger partial charge in [-0.3, -0.25) is 9.69 Å². The van der Waals surface area contributed by atoms with Crippen molar-refractivity contribution in [1.82, 2.24) is 19.4 Å². The van der Waals surface area contributed by atoms with Gasteiger partial charge < -0.3 is 9.47 Å². The van der Waals surface area contributed by atoms with Crippen LogP contribution >= 0.6 is 0 Å².